The van der Waals surface area contributed by atoms with Crippen molar-refractivity contribution in [3.05, 3.63) is 0 Å². The highest BCUT2D eigenvalue weighted by Gasteiger charge is 2.44. The third kappa shape index (κ3) is 4.07. The molecule has 0 radical (unpaired) electrons. The van der Waals surface area contributed by atoms with E-state index >= 15 is 4.39 Å². The van der Waals surface area contributed by atoms with Crippen LogP contribution in [0, 0.1) is 5.92 Å². The Balaban J connectivity index is 2.19. The SMILES string of the molecule is CCCC(F)(CCN(C)C)C1=NC2CCC(Br)CC2C(=O)N1. The Labute approximate surface area is 141 Å². The van der Waals surface area contributed by atoms with Crippen LogP contribution in [0.15, 0.2) is 4.99 Å². The molecule has 22 heavy (non-hydrogen) atoms. The molecule has 4 atom stereocenters. The predicted molar refractivity (Wildman–Crippen MR) is 91.3 cm³/mol. The van der Waals surface area contributed by atoms with Gasteiger partial charge >= 0.3 is 0 Å². The number of nitrogens with zero attached hydrogens (tertiary/aromatic N) is 2. The van der Waals surface area contributed by atoms with Gasteiger partial charge in [-0.25, -0.2) is 4.39 Å². The minimum atomic E-state index is -1.52. The number of halogens is 2. The summed E-state index contributed by atoms with van der Waals surface area (Å²) in [5.41, 5.74) is -1.52. The van der Waals surface area contributed by atoms with Crippen LogP contribution in [0.1, 0.15) is 45.4 Å². The molecule has 1 saturated carbocycles. The molecule has 1 heterocycles. The molecule has 2 rings (SSSR count). The molecule has 0 aromatic rings. The number of carbonyl (C=O) groups is 1. The first-order chi connectivity index (χ1) is 10.4. The van der Waals surface area contributed by atoms with Gasteiger partial charge < -0.3 is 10.2 Å². The molecule has 126 valence electrons. The minimum Gasteiger partial charge on any atom is -0.311 e. The first kappa shape index (κ1) is 17.9. The molecule has 1 fully saturated rings. The van der Waals surface area contributed by atoms with Gasteiger partial charge in [-0.3, -0.25) is 9.79 Å². The zero-order valence-electron chi connectivity index (χ0n) is 13.7. The molecule has 0 spiro atoms. The molecular weight excluding hydrogens is 349 g/mol. The summed E-state index contributed by atoms with van der Waals surface area (Å²) >= 11 is 3.59. The van der Waals surface area contributed by atoms with E-state index in [1.54, 1.807) is 0 Å². The first-order valence-corrected chi connectivity index (χ1v) is 9.14. The number of hydrogen-bond donors (Lipinski definition) is 1. The fourth-order valence-electron chi connectivity index (χ4n) is 3.33. The van der Waals surface area contributed by atoms with Crippen LogP contribution in [0.4, 0.5) is 4.39 Å². The van der Waals surface area contributed by atoms with Crippen molar-refractivity contribution < 1.29 is 9.18 Å². The summed E-state index contributed by atoms with van der Waals surface area (Å²) in [6.07, 6.45) is 4.14. The third-order valence-electron chi connectivity index (χ3n) is 4.65. The van der Waals surface area contributed by atoms with E-state index in [4.69, 9.17) is 0 Å². The number of amides is 1. The van der Waals surface area contributed by atoms with Crippen molar-refractivity contribution in [2.75, 3.05) is 20.6 Å². The molecule has 2 aliphatic rings. The fourth-order valence-corrected chi connectivity index (χ4v) is 4.00. The molecule has 1 amide bonds. The lowest BCUT2D eigenvalue weighted by atomic mass is 9.82. The molecule has 4 unspecified atom stereocenters. The Bertz CT molecular complexity index is 443. The second-order valence-corrected chi connectivity index (χ2v) is 8.11. The topological polar surface area (TPSA) is 44.7 Å². The summed E-state index contributed by atoms with van der Waals surface area (Å²) in [6.45, 7) is 2.61. The van der Waals surface area contributed by atoms with Crippen LogP contribution in [0.2, 0.25) is 0 Å². The zero-order valence-corrected chi connectivity index (χ0v) is 15.3. The molecule has 1 N–H and O–H groups in total. The van der Waals surface area contributed by atoms with E-state index in [1.807, 2.05) is 25.9 Å². The Morgan fingerprint density at radius 3 is 2.77 bits per heavy atom. The summed E-state index contributed by atoms with van der Waals surface area (Å²) in [5.74, 6) is 0.110. The van der Waals surface area contributed by atoms with E-state index in [9.17, 15) is 4.79 Å². The van der Waals surface area contributed by atoms with Crippen molar-refractivity contribution in [1.29, 1.82) is 0 Å². The summed E-state index contributed by atoms with van der Waals surface area (Å²) < 4.78 is 15.5. The van der Waals surface area contributed by atoms with Gasteiger partial charge in [0.25, 0.3) is 0 Å². The van der Waals surface area contributed by atoms with Gasteiger partial charge in [-0.2, -0.15) is 0 Å². The van der Waals surface area contributed by atoms with Crippen LogP contribution in [-0.2, 0) is 4.79 Å². The van der Waals surface area contributed by atoms with Gasteiger partial charge in [-0.05, 0) is 39.8 Å². The number of alkyl halides is 2. The van der Waals surface area contributed by atoms with Crippen LogP contribution in [0.25, 0.3) is 0 Å². The maximum atomic E-state index is 15.5. The van der Waals surface area contributed by atoms with E-state index in [-0.39, 0.29) is 23.7 Å². The van der Waals surface area contributed by atoms with Gasteiger partial charge in [0, 0.05) is 17.8 Å². The molecule has 0 aromatic heterocycles. The highest BCUT2D eigenvalue weighted by molar-refractivity contribution is 9.09. The molecule has 4 nitrogen and oxygen atoms in total. The summed E-state index contributed by atoms with van der Waals surface area (Å²) in [7, 11) is 3.86. The van der Waals surface area contributed by atoms with Crippen LogP contribution in [-0.4, -0.2) is 53.8 Å². The van der Waals surface area contributed by atoms with Crippen LogP contribution in [0.5, 0.6) is 0 Å². The second-order valence-electron chi connectivity index (χ2n) is 6.82. The van der Waals surface area contributed by atoms with Crippen molar-refractivity contribution in [1.82, 2.24) is 10.2 Å². The first-order valence-electron chi connectivity index (χ1n) is 8.22. The smallest absolute Gasteiger partial charge is 0.230 e. The average molecular weight is 376 g/mol. The van der Waals surface area contributed by atoms with Crippen molar-refractivity contribution in [3.8, 4) is 0 Å². The number of aliphatic imine (C=N–C) groups is 1. The van der Waals surface area contributed by atoms with Crippen LogP contribution in [0.3, 0.4) is 0 Å². The lowest BCUT2D eigenvalue weighted by molar-refractivity contribution is -0.125. The van der Waals surface area contributed by atoms with Gasteiger partial charge in [-0.1, -0.05) is 29.3 Å². The monoisotopic (exact) mass is 375 g/mol. The molecule has 1 aliphatic carbocycles. The standard InChI is InChI=1S/C16H27BrFN3O/c1-4-7-16(18,8-9-21(2)3)15-19-13-6-5-11(17)10-12(13)14(22)20-15/h11-13H,4-10H2,1-3H3,(H,19,20,22). The Hall–Kier alpha value is -0.490. The molecular formula is C16H27BrFN3O. The lowest BCUT2D eigenvalue weighted by Gasteiger charge is -2.38. The minimum absolute atomic E-state index is 0.0520. The van der Waals surface area contributed by atoms with Crippen molar-refractivity contribution in [2.24, 2.45) is 10.9 Å². The van der Waals surface area contributed by atoms with E-state index in [2.05, 4.69) is 26.2 Å². The van der Waals surface area contributed by atoms with E-state index in [0.29, 0.717) is 24.2 Å². The highest BCUT2D eigenvalue weighted by Crippen LogP contribution is 2.35. The lowest BCUT2D eigenvalue weighted by Crippen LogP contribution is -2.55. The van der Waals surface area contributed by atoms with Crippen molar-refractivity contribution in [3.63, 3.8) is 0 Å². The van der Waals surface area contributed by atoms with Crippen LogP contribution >= 0.6 is 15.9 Å². The second kappa shape index (κ2) is 7.39. The molecule has 0 saturated heterocycles. The van der Waals surface area contributed by atoms with Crippen LogP contribution < -0.4 is 5.32 Å². The number of fused-ring (bicyclic) bond motifs is 1. The van der Waals surface area contributed by atoms with Gasteiger partial charge in [0.05, 0.1) is 12.0 Å². The highest BCUT2D eigenvalue weighted by atomic mass is 79.9. The van der Waals surface area contributed by atoms with E-state index < -0.39 is 5.67 Å². The average Bonchev–Trinajstić information content (AvgIpc) is 2.46. The Kier molecular flexibility index (Phi) is 6.00. The van der Waals surface area contributed by atoms with Gasteiger partial charge in [-0.15, -0.1) is 0 Å². The maximum absolute atomic E-state index is 15.5. The number of amidine groups is 1. The summed E-state index contributed by atoms with van der Waals surface area (Å²) in [5, 5.41) is 2.78. The van der Waals surface area contributed by atoms with Gasteiger partial charge in [0.15, 0.2) is 5.67 Å². The van der Waals surface area contributed by atoms with E-state index in [1.165, 1.54) is 0 Å². The van der Waals surface area contributed by atoms with Gasteiger partial charge in [0.2, 0.25) is 5.91 Å². The normalized spacial score (nSPS) is 31.3. The largest absolute Gasteiger partial charge is 0.311 e. The van der Waals surface area contributed by atoms with Crippen molar-refractivity contribution in [2.45, 2.75) is 62.0 Å². The maximum Gasteiger partial charge on any atom is 0.230 e. The third-order valence-corrected chi connectivity index (χ3v) is 5.48. The Morgan fingerprint density at radius 1 is 1.41 bits per heavy atom. The zero-order chi connectivity index (χ0) is 16.3. The molecule has 1 aliphatic heterocycles. The number of nitrogens with one attached hydrogen (secondary N) is 1. The number of carbonyl (C=O) groups excluding carboxylic acids is 1. The number of hydrogen-bond acceptors (Lipinski definition) is 3. The molecule has 6 heteroatoms. The summed E-state index contributed by atoms with van der Waals surface area (Å²) in [6, 6.07) is -0.0520. The van der Waals surface area contributed by atoms with Crippen molar-refractivity contribution >= 4 is 27.7 Å². The molecule has 0 aromatic carbocycles. The van der Waals surface area contributed by atoms with E-state index in [0.717, 1.165) is 25.7 Å². The predicted octanol–water partition coefficient (Wildman–Crippen LogP) is 2.91. The Morgan fingerprint density at radius 2 is 2.14 bits per heavy atom. The molecule has 0 bridgehead atoms. The quantitative estimate of drug-likeness (QED) is 0.725. The fraction of sp³-hybridized carbons (Fsp3) is 0.875. The summed E-state index contributed by atoms with van der Waals surface area (Å²) in [4.78, 5) is 19.3. The number of rotatable bonds is 6. The van der Waals surface area contributed by atoms with Gasteiger partial charge in [0.1, 0.15) is 5.84 Å².